The minimum atomic E-state index is -3.18. The summed E-state index contributed by atoms with van der Waals surface area (Å²) < 4.78 is 25.7. The number of nitrogens with zero attached hydrogens (tertiary/aromatic N) is 2. The van der Waals surface area contributed by atoms with Crippen molar-refractivity contribution in [2.75, 3.05) is 25.4 Å². The first kappa shape index (κ1) is 20.1. The van der Waals surface area contributed by atoms with Gasteiger partial charge in [0.05, 0.1) is 17.0 Å². The molecule has 0 bridgehead atoms. The predicted molar refractivity (Wildman–Crippen MR) is 115 cm³/mol. The molecule has 0 aromatic heterocycles. The monoisotopic (exact) mass is 412 g/mol. The maximum Gasteiger partial charge on any atom is 0.254 e. The molecule has 2 heterocycles. The third kappa shape index (κ3) is 4.38. The minimum absolute atomic E-state index is 0.0531. The van der Waals surface area contributed by atoms with Crippen molar-refractivity contribution in [2.24, 2.45) is 0 Å². The van der Waals surface area contributed by atoms with Crippen LogP contribution < -0.4 is 0 Å². The Morgan fingerprint density at radius 2 is 1.76 bits per heavy atom. The van der Waals surface area contributed by atoms with E-state index in [-0.39, 0.29) is 24.2 Å². The fraction of sp³-hybridized carbons (Fsp3) is 0.435. The smallest absolute Gasteiger partial charge is 0.254 e. The van der Waals surface area contributed by atoms with E-state index < -0.39 is 15.1 Å². The van der Waals surface area contributed by atoms with Crippen LogP contribution in [0.25, 0.3) is 0 Å². The van der Waals surface area contributed by atoms with Crippen LogP contribution in [0.1, 0.15) is 34.3 Å². The van der Waals surface area contributed by atoms with E-state index in [2.05, 4.69) is 36.1 Å². The minimum Gasteiger partial charge on any atom is -0.333 e. The number of amides is 1. The van der Waals surface area contributed by atoms with E-state index >= 15 is 0 Å². The summed E-state index contributed by atoms with van der Waals surface area (Å²) in [6.07, 6.45) is 1.27. The molecule has 2 saturated heterocycles. The quantitative estimate of drug-likeness (QED) is 0.778. The van der Waals surface area contributed by atoms with Crippen molar-refractivity contribution >= 4 is 15.7 Å². The summed E-state index contributed by atoms with van der Waals surface area (Å²) in [5.41, 5.74) is 3.11. The first-order valence-corrected chi connectivity index (χ1v) is 12.0. The maximum absolute atomic E-state index is 13.1. The van der Waals surface area contributed by atoms with Crippen LogP contribution in [0.4, 0.5) is 0 Å². The molecular formula is C23H28N2O3S. The first-order valence-electron chi connectivity index (χ1n) is 10.3. The number of carbonyl (C=O) groups is 1. The zero-order chi connectivity index (χ0) is 20.4. The van der Waals surface area contributed by atoms with Gasteiger partial charge in [0.2, 0.25) is 0 Å². The molecule has 4 rings (SSSR count). The zero-order valence-corrected chi connectivity index (χ0v) is 17.6. The molecule has 2 aromatic rings. The zero-order valence-electron chi connectivity index (χ0n) is 16.8. The standard InChI is InChI=1S/C23H28N2O3S/c1-18-6-5-7-19(16-18)17-24-12-10-21-22(11-13-24)29(27,28)15-14-25(21)23(26)20-8-3-2-4-9-20/h2-9,16,21-22H,10-15,17H2,1H3/t21-,22+/m0/s1. The van der Waals surface area contributed by atoms with Gasteiger partial charge in [-0.2, -0.15) is 0 Å². The van der Waals surface area contributed by atoms with Gasteiger partial charge in [-0.25, -0.2) is 8.42 Å². The van der Waals surface area contributed by atoms with Crippen molar-refractivity contribution in [3.05, 3.63) is 71.3 Å². The fourth-order valence-corrected chi connectivity index (χ4v) is 6.64. The predicted octanol–water partition coefficient (Wildman–Crippen LogP) is 2.90. The van der Waals surface area contributed by atoms with Gasteiger partial charge in [0, 0.05) is 25.2 Å². The molecule has 0 N–H and O–H groups in total. The molecule has 2 aliphatic rings. The van der Waals surface area contributed by atoms with E-state index in [4.69, 9.17) is 0 Å². The molecule has 29 heavy (non-hydrogen) atoms. The molecule has 2 atom stereocenters. The summed E-state index contributed by atoms with van der Waals surface area (Å²) in [7, 11) is -3.18. The third-order valence-corrected chi connectivity index (χ3v) is 8.37. The van der Waals surface area contributed by atoms with Gasteiger partial charge in [-0.15, -0.1) is 0 Å². The first-order chi connectivity index (χ1) is 13.9. The highest BCUT2D eigenvalue weighted by atomic mass is 32.2. The highest BCUT2D eigenvalue weighted by molar-refractivity contribution is 7.92. The van der Waals surface area contributed by atoms with E-state index in [0.29, 0.717) is 18.4 Å². The number of hydrogen-bond acceptors (Lipinski definition) is 4. The van der Waals surface area contributed by atoms with Crippen LogP contribution >= 0.6 is 0 Å². The molecule has 2 aromatic carbocycles. The molecule has 0 unspecified atom stereocenters. The molecular weight excluding hydrogens is 384 g/mol. The van der Waals surface area contributed by atoms with Crippen molar-refractivity contribution in [2.45, 2.75) is 37.6 Å². The van der Waals surface area contributed by atoms with E-state index in [1.165, 1.54) is 11.1 Å². The van der Waals surface area contributed by atoms with Crippen LogP contribution in [-0.2, 0) is 16.4 Å². The third-order valence-electron chi connectivity index (χ3n) is 6.15. The molecule has 0 radical (unpaired) electrons. The van der Waals surface area contributed by atoms with Gasteiger partial charge in [0.1, 0.15) is 0 Å². The summed E-state index contributed by atoms with van der Waals surface area (Å²) in [6.45, 7) is 4.72. The Labute approximate surface area is 173 Å². The van der Waals surface area contributed by atoms with E-state index in [0.717, 1.165) is 19.6 Å². The van der Waals surface area contributed by atoms with Gasteiger partial charge in [-0.05, 0) is 44.0 Å². The summed E-state index contributed by atoms with van der Waals surface area (Å²) in [5.74, 6) is 0.00702. The Hall–Kier alpha value is -2.18. The number of carbonyl (C=O) groups excluding carboxylic acids is 1. The normalized spacial score (nSPS) is 24.5. The van der Waals surface area contributed by atoms with Crippen molar-refractivity contribution in [1.29, 1.82) is 0 Å². The Morgan fingerprint density at radius 3 is 2.52 bits per heavy atom. The van der Waals surface area contributed by atoms with Crippen molar-refractivity contribution in [3.63, 3.8) is 0 Å². The highest BCUT2D eigenvalue weighted by Gasteiger charge is 2.44. The second kappa shape index (κ2) is 8.28. The maximum atomic E-state index is 13.1. The lowest BCUT2D eigenvalue weighted by molar-refractivity contribution is 0.0665. The Kier molecular flexibility index (Phi) is 5.74. The van der Waals surface area contributed by atoms with Crippen LogP contribution in [0.2, 0.25) is 0 Å². The largest absolute Gasteiger partial charge is 0.333 e. The van der Waals surface area contributed by atoms with Crippen LogP contribution in [0.5, 0.6) is 0 Å². The second-order valence-corrected chi connectivity index (χ2v) is 10.5. The molecule has 0 saturated carbocycles. The molecule has 6 heteroatoms. The molecule has 0 aliphatic carbocycles. The number of sulfone groups is 1. The highest BCUT2D eigenvalue weighted by Crippen LogP contribution is 2.29. The number of fused-ring (bicyclic) bond motifs is 1. The number of benzene rings is 2. The van der Waals surface area contributed by atoms with Crippen molar-refractivity contribution < 1.29 is 13.2 Å². The van der Waals surface area contributed by atoms with Crippen molar-refractivity contribution in [1.82, 2.24) is 9.80 Å². The Bertz CT molecular complexity index is 975. The van der Waals surface area contributed by atoms with Crippen LogP contribution in [0, 0.1) is 6.92 Å². The van der Waals surface area contributed by atoms with Gasteiger partial charge in [-0.1, -0.05) is 48.0 Å². The van der Waals surface area contributed by atoms with Crippen molar-refractivity contribution in [3.8, 4) is 0 Å². The number of aryl methyl sites for hydroxylation is 1. The lowest BCUT2D eigenvalue weighted by Gasteiger charge is -2.40. The SMILES string of the molecule is Cc1cccc(CN2CC[C@@H]3[C@H](CC2)N(C(=O)c2ccccc2)CCS3(=O)=O)c1. The number of hydrogen-bond donors (Lipinski definition) is 0. The Morgan fingerprint density at radius 1 is 1.00 bits per heavy atom. The lowest BCUT2D eigenvalue weighted by atomic mass is 10.0. The molecule has 0 spiro atoms. The summed E-state index contributed by atoms with van der Waals surface area (Å²) in [5, 5.41) is -0.466. The van der Waals surface area contributed by atoms with Crippen LogP contribution in [0.3, 0.4) is 0 Å². The van der Waals surface area contributed by atoms with Gasteiger partial charge in [-0.3, -0.25) is 9.69 Å². The lowest BCUT2D eigenvalue weighted by Crippen LogP contribution is -2.56. The molecule has 5 nitrogen and oxygen atoms in total. The van der Waals surface area contributed by atoms with Gasteiger partial charge in [0.15, 0.2) is 9.84 Å². The molecule has 2 fully saturated rings. The number of likely N-dealkylation sites (tertiary alicyclic amines) is 1. The van der Waals surface area contributed by atoms with Gasteiger partial charge >= 0.3 is 0 Å². The topological polar surface area (TPSA) is 57.7 Å². The summed E-state index contributed by atoms with van der Waals surface area (Å²) in [6, 6.07) is 17.4. The average Bonchev–Trinajstić information content (AvgIpc) is 2.92. The Balaban J connectivity index is 1.54. The fourth-order valence-electron chi connectivity index (χ4n) is 4.66. The van der Waals surface area contributed by atoms with E-state index in [1.807, 2.05) is 23.1 Å². The molecule has 2 aliphatic heterocycles. The average molecular weight is 413 g/mol. The molecule has 1 amide bonds. The van der Waals surface area contributed by atoms with Crippen LogP contribution in [0.15, 0.2) is 54.6 Å². The summed E-state index contributed by atoms with van der Waals surface area (Å²) in [4.78, 5) is 17.2. The summed E-state index contributed by atoms with van der Waals surface area (Å²) >= 11 is 0. The number of rotatable bonds is 3. The molecule has 154 valence electrons. The van der Waals surface area contributed by atoms with Gasteiger partial charge in [0.25, 0.3) is 5.91 Å². The van der Waals surface area contributed by atoms with E-state index in [1.54, 1.807) is 12.1 Å². The van der Waals surface area contributed by atoms with Crippen LogP contribution in [-0.4, -0.2) is 60.8 Å². The van der Waals surface area contributed by atoms with E-state index in [9.17, 15) is 13.2 Å². The van der Waals surface area contributed by atoms with Gasteiger partial charge < -0.3 is 4.90 Å². The second-order valence-electron chi connectivity index (χ2n) is 8.18.